The molecule has 1 aliphatic carbocycles. The zero-order valence-electron chi connectivity index (χ0n) is 10.0. The van der Waals surface area contributed by atoms with Crippen molar-refractivity contribution in [1.29, 1.82) is 0 Å². The first-order valence-electron chi connectivity index (χ1n) is 6.10. The highest BCUT2D eigenvalue weighted by molar-refractivity contribution is 9.10. The summed E-state index contributed by atoms with van der Waals surface area (Å²) in [5.74, 6) is -0.131. The van der Waals surface area contributed by atoms with Crippen molar-refractivity contribution in [3.63, 3.8) is 0 Å². The maximum absolute atomic E-state index is 12.0. The van der Waals surface area contributed by atoms with Crippen LogP contribution in [-0.2, 0) is 0 Å². The standard InChI is InChI=1S/C13H17BrN2O2/c14-11-5-4-8(6-12(11)15)13(18)16-9-2-1-3-10(17)7-9/h4-6,9-10,17H,1-3,7,15H2,(H,16,18). The second-order valence-corrected chi connectivity index (χ2v) is 5.58. The molecule has 2 atom stereocenters. The van der Waals surface area contributed by atoms with E-state index in [-0.39, 0.29) is 18.1 Å². The Morgan fingerprint density at radius 2 is 2.22 bits per heavy atom. The quantitative estimate of drug-likeness (QED) is 0.732. The van der Waals surface area contributed by atoms with Gasteiger partial charge in [-0.15, -0.1) is 0 Å². The molecule has 0 radical (unpaired) electrons. The van der Waals surface area contributed by atoms with E-state index in [4.69, 9.17) is 5.73 Å². The SMILES string of the molecule is Nc1cc(C(=O)NC2CCCC(O)C2)ccc1Br. The number of amides is 1. The summed E-state index contributed by atoms with van der Waals surface area (Å²) in [7, 11) is 0. The first-order valence-corrected chi connectivity index (χ1v) is 6.89. The fourth-order valence-corrected chi connectivity index (χ4v) is 2.50. The predicted octanol–water partition coefficient (Wildman–Crippen LogP) is 2.06. The molecule has 2 rings (SSSR count). The van der Waals surface area contributed by atoms with Gasteiger partial charge in [0.05, 0.1) is 6.10 Å². The topological polar surface area (TPSA) is 75.4 Å². The highest BCUT2D eigenvalue weighted by Crippen LogP contribution is 2.21. The molecule has 0 bridgehead atoms. The highest BCUT2D eigenvalue weighted by Gasteiger charge is 2.22. The summed E-state index contributed by atoms with van der Waals surface area (Å²) in [5, 5.41) is 12.5. The minimum absolute atomic E-state index is 0.0612. The van der Waals surface area contributed by atoms with E-state index in [9.17, 15) is 9.90 Å². The number of anilines is 1. The normalized spacial score (nSPS) is 23.7. The van der Waals surface area contributed by atoms with Crippen molar-refractivity contribution in [1.82, 2.24) is 5.32 Å². The Hall–Kier alpha value is -1.07. The molecule has 4 N–H and O–H groups in total. The van der Waals surface area contributed by atoms with Crippen LogP contribution in [0.5, 0.6) is 0 Å². The first-order chi connectivity index (χ1) is 8.56. The maximum atomic E-state index is 12.0. The molecule has 98 valence electrons. The van der Waals surface area contributed by atoms with Gasteiger partial charge in [-0.25, -0.2) is 0 Å². The molecule has 1 saturated carbocycles. The third kappa shape index (κ3) is 3.23. The smallest absolute Gasteiger partial charge is 0.251 e. The molecule has 0 aromatic heterocycles. The number of nitrogen functional groups attached to an aromatic ring is 1. The molecule has 1 amide bonds. The van der Waals surface area contributed by atoms with E-state index in [1.165, 1.54) is 0 Å². The van der Waals surface area contributed by atoms with Crippen LogP contribution >= 0.6 is 15.9 Å². The predicted molar refractivity (Wildman–Crippen MR) is 74.3 cm³/mol. The number of halogens is 1. The molecule has 0 heterocycles. The second-order valence-electron chi connectivity index (χ2n) is 4.73. The maximum Gasteiger partial charge on any atom is 0.251 e. The number of carbonyl (C=O) groups is 1. The lowest BCUT2D eigenvalue weighted by molar-refractivity contribution is 0.0850. The third-order valence-corrected chi connectivity index (χ3v) is 3.96. The number of aliphatic hydroxyl groups is 1. The van der Waals surface area contributed by atoms with Crippen LogP contribution in [0.4, 0.5) is 5.69 Å². The van der Waals surface area contributed by atoms with Crippen LogP contribution in [0.1, 0.15) is 36.0 Å². The highest BCUT2D eigenvalue weighted by atomic mass is 79.9. The molecule has 18 heavy (non-hydrogen) atoms. The van der Waals surface area contributed by atoms with Crippen LogP contribution in [0, 0.1) is 0 Å². The summed E-state index contributed by atoms with van der Waals surface area (Å²) in [4.78, 5) is 12.0. The Morgan fingerprint density at radius 3 is 2.89 bits per heavy atom. The molecule has 0 aliphatic heterocycles. The molecule has 1 aromatic rings. The molecular weight excluding hydrogens is 296 g/mol. The average Bonchev–Trinajstić information content (AvgIpc) is 2.32. The molecule has 0 saturated heterocycles. The van der Waals surface area contributed by atoms with Gasteiger partial charge in [-0.2, -0.15) is 0 Å². The van der Waals surface area contributed by atoms with Crippen LogP contribution < -0.4 is 11.1 Å². The number of carbonyl (C=O) groups excluding carboxylic acids is 1. The summed E-state index contributed by atoms with van der Waals surface area (Å²) >= 11 is 3.30. The molecule has 1 aliphatic rings. The Kier molecular flexibility index (Phi) is 4.24. The van der Waals surface area contributed by atoms with Gasteiger partial charge in [-0.05, 0) is 59.8 Å². The largest absolute Gasteiger partial charge is 0.398 e. The van der Waals surface area contributed by atoms with Crippen molar-refractivity contribution >= 4 is 27.5 Å². The van der Waals surface area contributed by atoms with Gasteiger partial charge in [0.15, 0.2) is 0 Å². The lowest BCUT2D eigenvalue weighted by Crippen LogP contribution is -2.39. The van der Waals surface area contributed by atoms with E-state index >= 15 is 0 Å². The molecular formula is C13H17BrN2O2. The van der Waals surface area contributed by atoms with Gasteiger partial charge in [0, 0.05) is 21.8 Å². The van der Waals surface area contributed by atoms with Gasteiger partial charge in [0.1, 0.15) is 0 Å². The van der Waals surface area contributed by atoms with Gasteiger partial charge in [0.2, 0.25) is 0 Å². The number of hydrogen-bond acceptors (Lipinski definition) is 3. The van der Waals surface area contributed by atoms with E-state index in [1.807, 2.05) is 0 Å². The van der Waals surface area contributed by atoms with Crippen molar-refractivity contribution in [2.75, 3.05) is 5.73 Å². The van der Waals surface area contributed by atoms with Crippen molar-refractivity contribution in [3.05, 3.63) is 28.2 Å². The Labute approximate surface area is 115 Å². The number of rotatable bonds is 2. The molecule has 2 unspecified atom stereocenters. The molecule has 5 heteroatoms. The van der Waals surface area contributed by atoms with Gasteiger partial charge in [-0.1, -0.05) is 0 Å². The second kappa shape index (κ2) is 5.71. The van der Waals surface area contributed by atoms with Crippen LogP contribution in [-0.4, -0.2) is 23.2 Å². The number of nitrogens with one attached hydrogen (secondary N) is 1. The van der Waals surface area contributed by atoms with Gasteiger partial charge >= 0.3 is 0 Å². The Bertz CT molecular complexity index is 451. The lowest BCUT2D eigenvalue weighted by atomic mass is 9.93. The lowest BCUT2D eigenvalue weighted by Gasteiger charge is -2.26. The van der Waals surface area contributed by atoms with Crippen LogP contribution in [0.15, 0.2) is 22.7 Å². The summed E-state index contributed by atoms with van der Waals surface area (Å²) in [6, 6.07) is 5.21. The fourth-order valence-electron chi connectivity index (χ4n) is 2.25. The molecule has 0 spiro atoms. The number of nitrogens with two attached hydrogens (primary N) is 1. The summed E-state index contributed by atoms with van der Waals surface area (Å²) in [6.45, 7) is 0. The summed E-state index contributed by atoms with van der Waals surface area (Å²) < 4.78 is 0.784. The fraction of sp³-hybridized carbons (Fsp3) is 0.462. The average molecular weight is 313 g/mol. The van der Waals surface area contributed by atoms with Crippen molar-refractivity contribution < 1.29 is 9.90 Å². The van der Waals surface area contributed by atoms with E-state index in [2.05, 4.69) is 21.2 Å². The third-order valence-electron chi connectivity index (χ3n) is 3.24. The number of aliphatic hydroxyl groups excluding tert-OH is 1. The van der Waals surface area contributed by atoms with Crippen molar-refractivity contribution in [2.45, 2.75) is 37.8 Å². The van der Waals surface area contributed by atoms with Crippen LogP contribution in [0.25, 0.3) is 0 Å². The van der Waals surface area contributed by atoms with E-state index in [1.54, 1.807) is 18.2 Å². The monoisotopic (exact) mass is 312 g/mol. The minimum Gasteiger partial charge on any atom is -0.398 e. The zero-order chi connectivity index (χ0) is 13.1. The number of benzene rings is 1. The van der Waals surface area contributed by atoms with Gasteiger partial charge in [-0.3, -0.25) is 4.79 Å². The van der Waals surface area contributed by atoms with Crippen molar-refractivity contribution in [3.8, 4) is 0 Å². The van der Waals surface area contributed by atoms with E-state index in [0.29, 0.717) is 17.7 Å². The number of hydrogen-bond donors (Lipinski definition) is 3. The summed E-state index contributed by atoms with van der Waals surface area (Å²) in [5.41, 5.74) is 6.85. The molecule has 4 nitrogen and oxygen atoms in total. The van der Waals surface area contributed by atoms with Crippen molar-refractivity contribution in [2.24, 2.45) is 0 Å². The van der Waals surface area contributed by atoms with E-state index < -0.39 is 0 Å². The van der Waals surface area contributed by atoms with E-state index in [0.717, 1.165) is 23.7 Å². The van der Waals surface area contributed by atoms with Gasteiger partial charge < -0.3 is 16.2 Å². The minimum atomic E-state index is -0.293. The zero-order valence-corrected chi connectivity index (χ0v) is 11.6. The van der Waals surface area contributed by atoms with Gasteiger partial charge in [0.25, 0.3) is 5.91 Å². The van der Waals surface area contributed by atoms with Crippen LogP contribution in [0.3, 0.4) is 0 Å². The molecule has 1 aromatic carbocycles. The Balaban J connectivity index is 2.00. The first kappa shape index (κ1) is 13.4. The summed E-state index contributed by atoms with van der Waals surface area (Å²) in [6.07, 6.45) is 3.05. The Morgan fingerprint density at radius 1 is 1.44 bits per heavy atom. The molecule has 1 fully saturated rings. The van der Waals surface area contributed by atoms with Crippen LogP contribution in [0.2, 0.25) is 0 Å².